The first-order chi connectivity index (χ1) is 12.1. The number of fused-ring (bicyclic) bond motifs is 1. The number of thiazole rings is 1. The van der Waals surface area contributed by atoms with E-state index in [4.69, 9.17) is 10.2 Å². The molecule has 0 saturated carbocycles. The first kappa shape index (κ1) is 16.1. The molecule has 1 unspecified atom stereocenters. The largest absolute Gasteiger partial charge is 0.459 e. The van der Waals surface area contributed by atoms with Crippen molar-refractivity contribution in [3.8, 4) is 10.8 Å². The van der Waals surface area contributed by atoms with E-state index < -0.39 is 0 Å². The minimum Gasteiger partial charge on any atom is -0.459 e. The number of furan rings is 1. The number of aromatic nitrogens is 1. The molecule has 1 amide bonds. The molecule has 0 saturated heterocycles. The fraction of sp³-hybridized carbons (Fsp3) is 0.263. The fourth-order valence-electron chi connectivity index (χ4n) is 3.16. The third kappa shape index (κ3) is 3.23. The van der Waals surface area contributed by atoms with Crippen LogP contribution in [0.5, 0.6) is 0 Å². The van der Waals surface area contributed by atoms with E-state index in [1.54, 1.807) is 4.90 Å². The van der Waals surface area contributed by atoms with Gasteiger partial charge in [-0.15, -0.1) is 11.3 Å². The Labute approximate surface area is 150 Å². The summed E-state index contributed by atoms with van der Waals surface area (Å²) in [6, 6.07) is 11.7. The zero-order valence-corrected chi connectivity index (χ0v) is 14.8. The standard InChI is InChI=1S/C19H19N3O2S/c1-12-6-7-17(24-12)19-21-15(11-25-19)9-18(23)22-10-14(20)8-13-4-2-3-5-16(13)22/h2-7,11,14H,8-10,20H2,1H3. The Bertz CT molecular complexity index is 915. The number of anilines is 1. The van der Waals surface area contributed by atoms with Crippen molar-refractivity contribution in [2.24, 2.45) is 5.73 Å². The number of carbonyl (C=O) groups excluding carboxylic acids is 1. The minimum absolute atomic E-state index is 0.0232. The lowest BCUT2D eigenvalue weighted by Gasteiger charge is -2.33. The molecule has 1 atom stereocenters. The number of amides is 1. The average Bonchev–Trinajstić information content (AvgIpc) is 3.23. The molecule has 2 N–H and O–H groups in total. The van der Waals surface area contributed by atoms with Gasteiger partial charge in [-0.25, -0.2) is 4.98 Å². The highest BCUT2D eigenvalue weighted by molar-refractivity contribution is 7.13. The van der Waals surface area contributed by atoms with Crippen LogP contribution in [-0.4, -0.2) is 23.5 Å². The summed E-state index contributed by atoms with van der Waals surface area (Å²) in [5.41, 5.74) is 8.98. The van der Waals surface area contributed by atoms with Crippen molar-refractivity contribution in [1.82, 2.24) is 4.98 Å². The summed E-state index contributed by atoms with van der Waals surface area (Å²) < 4.78 is 5.60. The van der Waals surface area contributed by atoms with Crippen molar-refractivity contribution in [2.45, 2.75) is 25.8 Å². The summed E-state index contributed by atoms with van der Waals surface area (Å²) in [5, 5.41) is 2.72. The molecule has 4 rings (SSSR count). The summed E-state index contributed by atoms with van der Waals surface area (Å²) in [6.07, 6.45) is 1.07. The van der Waals surface area contributed by atoms with Crippen LogP contribution in [0.3, 0.4) is 0 Å². The number of nitrogens with two attached hydrogens (primary N) is 1. The minimum atomic E-state index is -0.0315. The predicted octanol–water partition coefficient (Wildman–Crippen LogP) is 3.17. The fourth-order valence-corrected chi connectivity index (χ4v) is 3.94. The van der Waals surface area contributed by atoms with Crippen LogP contribution in [0.4, 0.5) is 5.69 Å². The highest BCUT2D eigenvalue weighted by Crippen LogP contribution is 2.28. The van der Waals surface area contributed by atoms with Crippen molar-refractivity contribution < 1.29 is 9.21 Å². The van der Waals surface area contributed by atoms with Crippen LogP contribution in [-0.2, 0) is 17.6 Å². The van der Waals surface area contributed by atoms with E-state index in [2.05, 4.69) is 4.98 Å². The topological polar surface area (TPSA) is 72.4 Å². The summed E-state index contributed by atoms with van der Waals surface area (Å²) in [7, 11) is 0. The molecule has 0 bridgehead atoms. The van der Waals surface area contributed by atoms with Crippen LogP contribution in [0.1, 0.15) is 17.0 Å². The zero-order valence-electron chi connectivity index (χ0n) is 13.9. The molecule has 5 nitrogen and oxygen atoms in total. The van der Waals surface area contributed by atoms with Crippen molar-refractivity contribution >= 4 is 22.9 Å². The first-order valence-electron chi connectivity index (χ1n) is 8.25. The van der Waals surface area contributed by atoms with Gasteiger partial charge in [0, 0.05) is 23.7 Å². The first-order valence-corrected chi connectivity index (χ1v) is 9.13. The molecule has 0 radical (unpaired) electrons. The molecule has 0 fully saturated rings. The van der Waals surface area contributed by atoms with Crippen LogP contribution in [0, 0.1) is 6.92 Å². The quantitative estimate of drug-likeness (QED) is 0.785. The molecular formula is C19H19N3O2S. The number of nitrogens with zero attached hydrogens (tertiary/aromatic N) is 2. The summed E-state index contributed by atoms with van der Waals surface area (Å²) in [5.74, 6) is 1.61. The van der Waals surface area contributed by atoms with Gasteiger partial charge in [0.1, 0.15) is 5.76 Å². The molecule has 1 aliphatic rings. The lowest BCUT2D eigenvalue weighted by molar-refractivity contribution is -0.118. The SMILES string of the molecule is Cc1ccc(-c2nc(CC(=O)N3CC(N)Cc4ccccc43)cs2)o1. The second kappa shape index (κ2) is 6.46. The van der Waals surface area contributed by atoms with E-state index >= 15 is 0 Å². The van der Waals surface area contributed by atoms with Crippen LogP contribution >= 0.6 is 11.3 Å². The van der Waals surface area contributed by atoms with E-state index in [9.17, 15) is 4.79 Å². The van der Waals surface area contributed by atoms with Crippen molar-refractivity contribution in [3.63, 3.8) is 0 Å². The highest BCUT2D eigenvalue weighted by Gasteiger charge is 2.26. The van der Waals surface area contributed by atoms with Gasteiger partial charge >= 0.3 is 0 Å². The van der Waals surface area contributed by atoms with Gasteiger partial charge in [-0.2, -0.15) is 0 Å². The van der Waals surface area contributed by atoms with Crippen LogP contribution in [0.25, 0.3) is 10.8 Å². The number of carbonyl (C=O) groups is 1. The maximum Gasteiger partial charge on any atom is 0.233 e. The molecule has 6 heteroatoms. The number of benzene rings is 1. The molecule has 128 valence electrons. The van der Waals surface area contributed by atoms with Crippen molar-refractivity contribution in [3.05, 3.63) is 58.8 Å². The number of aryl methyl sites for hydroxylation is 1. The predicted molar refractivity (Wildman–Crippen MR) is 98.7 cm³/mol. The van der Waals surface area contributed by atoms with Crippen LogP contribution < -0.4 is 10.6 Å². The van der Waals surface area contributed by atoms with Crippen molar-refractivity contribution in [1.29, 1.82) is 0 Å². The molecule has 0 aliphatic carbocycles. The van der Waals surface area contributed by atoms with Gasteiger partial charge in [-0.05, 0) is 37.1 Å². The highest BCUT2D eigenvalue weighted by atomic mass is 32.1. The maximum absolute atomic E-state index is 12.8. The molecule has 3 heterocycles. The lowest BCUT2D eigenvalue weighted by Crippen LogP contribution is -2.46. The molecule has 1 aromatic carbocycles. The molecular weight excluding hydrogens is 334 g/mol. The number of para-hydroxylation sites is 1. The number of hydrogen-bond acceptors (Lipinski definition) is 5. The lowest BCUT2D eigenvalue weighted by atomic mass is 9.98. The summed E-state index contributed by atoms with van der Waals surface area (Å²) in [6.45, 7) is 2.45. The van der Waals surface area contributed by atoms with E-state index in [0.29, 0.717) is 6.54 Å². The Morgan fingerprint density at radius 2 is 2.20 bits per heavy atom. The molecule has 3 aromatic rings. The van der Waals surface area contributed by atoms with Gasteiger partial charge in [0.2, 0.25) is 5.91 Å². The van der Waals surface area contributed by atoms with Gasteiger partial charge in [-0.1, -0.05) is 18.2 Å². The summed E-state index contributed by atoms with van der Waals surface area (Å²) in [4.78, 5) is 19.2. The van der Waals surface area contributed by atoms with E-state index in [1.807, 2.05) is 48.7 Å². The smallest absolute Gasteiger partial charge is 0.233 e. The normalized spacial score (nSPS) is 16.7. The Morgan fingerprint density at radius 3 is 3.00 bits per heavy atom. The third-order valence-electron chi connectivity index (χ3n) is 4.32. The van der Waals surface area contributed by atoms with Gasteiger partial charge in [0.25, 0.3) is 0 Å². The second-order valence-electron chi connectivity index (χ2n) is 6.33. The number of rotatable bonds is 3. The second-order valence-corrected chi connectivity index (χ2v) is 7.19. The Kier molecular flexibility index (Phi) is 4.15. The average molecular weight is 353 g/mol. The monoisotopic (exact) mass is 353 g/mol. The van der Waals surface area contributed by atoms with Gasteiger partial charge in [0.05, 0.1) is 12.1 Å². The van der Waals surface area contributed by atoms with Crippen LogP contribution in [0.15, 0.2) is 46.2 Å². The number of hydrogen-bond donors (Lipinski definition) is 1. The zero-order chi connectivity index (χ0) is 17.4. The third-order valence-corrected chi connectivity index (χ3v) is 5.22. The summed E-state index contributed by atoms with van der Waals surface area (Å²) >= 11 is 1.49. The van der Waals surface area contributed by atoms with E-state index in [-0.39, 0.29) is 18.4 Å². The molecule has 0 spiro atoms. The Morgan fingerprint density at radius 1 is 1.36 bits per heavy atom. The van der Waals surface area contributed by atoms with Crippen LogP contribution in [0.2, 0.25) is 0 Å². The van der Waals surface area contributed by atoms with E-state index in [1.165, 1.54) is 11.3 Å². The van der Waals surface area contributed by atoms with Gasteiger partial charge < -0.3 is 15.1 Å². The molecule has 2 aromatic heterocycles. The Balaban J connectivity index is 1.54. The van der Waals surface area contributed by atoms with E-state index in [0.717, 1.165) is 39.9 Å². The maximum atomic E-state index is 12.8. The molecule has 1 aliphatic heterocycles. The Hall–Kier alpha value is -2.44. The molecule has 25 heavy (non-hydrogen) atoms. The van der Waals surface area contributed by atoms with Crippen molar-refractivity contribution in [2.75, 3.05) is 11.4 Å². The van der Waals surface area contributed by atoms with Gasteiger partial charge in [-0.3, -0.25) is 4.79 Å². The van der Waals surface area contributed by atoms with Gasteiger partial charge in [0.15, 0.2) is 10.8 Å².